The van der Waals surface area contributed by atoms with E-state index in [0.29, 0.717) is 23.4 Å². The summed E-state index contributed by atoms with van der Waals surface area (Å²) < 4.78 is 6.88. The maximum atomic E-state index is 11.9. The molecule has 0 amide bonds. The Balaban J connectivity index is 1.98. The number of allylic oxidation sites excluding steroid dienone is 1. The summed E-state index contributed by atoms with van der Waals surface area (Å²) in [6.07, 6.45) is 2.60. The average molecular weight is 245 g/mol. The Kier molecular flexibility index (Phi) is 2.36. The monoisotopic (exact) mass is 245 g/mol. The number of carbonyl (C=O) groups excluding carboxylic acids is 1. The van der Waals surface area contributed by atoms with E-state index in [1.165, 1.54) is 0 Å². The van der Waals surface area contributed by atoms with Gasteiger partial charge in [0.1, 0.15) is 5.69 Å². The number of esters is 1. The first-order valence-corrected chi connectivity index (χ1v) is 6.10. The fourth-order valence-electron chi connectivity index (χ4n) is 2.41. The molecule has 3 rings (SSSR count). The number of cyclic esters (lactones) is 1. The van der Waals surface area contributed by atoms with Crippen LogP contribution in [0.5, 0.6) is 0 Å². The van der Waals surface area contributed by atoms with Crippen molar-refractivity contribution in [2.75, 3.05) is 0 Å². The first-order valence-electron chi connectivity index (χ1n) is 6.10. The minimum Gasteiger partial charge on any atom is -0.400 e. The number of aliphatic imine (C=N–C) groups is 1. The molecule has 0 spiro atoms. The van der Waals surface area contributed by atoms with E-state index in [-0.39, 0.29) is 5.97 Å². The van der Waals surface area contributed by atoms with Gasteiger partial charge in [-0.1, -0.05) is 13.8 Å². The first-order chi connectivity index (χ1) is 8.58. The van der Waals surface area contributed by atoms with Crippen LogP contribution in [-0.4, -0.2) is 21.6 Å². The summed E-state index contributed by atoms with van der Waals surface area (Å²) >= 11 is 0. The molecule has 0 N–H and O–H groups in total. The lowest BCUT2D eigenvalue weighted by molar-refractivity contribution is -0.130. The van der Waals surface area contributed by atoms with Crippen LogP contribution in [0.2, 0.25) is 0 Å². The van der Waals surface area contributed by atoms with Crippen LogP contribution in [0.15, 0.2) is 28.5 Å². The normalized spacial score (nSPS) is 31.1. The topological polar surface area (TPSA) is 56.5 Å². The predicted molar refractivity (Wildman–Crippen MR) is 65.8 cm³/mol. The lowest BCUT2D eigenvalue weighted by Gasteiger charge is -2.34. The quantitative estimate of drug-likeness (QED) is 0.558. The van der Waals surface area contributed by atoms with Crippen LogP contribution >= 0.6 is 0 Å². The van der Waals surface area contributed by atoms with E-state index in [1.807, 2.05) is 0 Å². The van der Waals surface area contributed by atoms with Crippen LogP contribution in [-0.2, 0) is 16.6 Å². The Hall–Kier alpha value is -1.91. The number of aromatic nitrogens is 2. The fraction of sp³-hybridized carbons (Fsp3) is 0.462. The standard InChI is InChI=1S/C13H15N3O2/c1-7-6-9(8(7)2)11-13(17)18-12(15-11)10-4-5-14-16(10)3/h4-5,7-8H,6H2,1-3H3. The van der Waals surface area contributed by atoms with Crippen molar-refractivity contribution in [2.24, 2.45) is 23.9 Å². The van der Waals surface area contributed by atoms with Crippen LogP contribution in [0.1, 0.15) is 26.0 Å². The van der Waals surface area contributed by atoms with Gasteiger partial charge < -0.3 is 4.74 Å². The van der Waals surface area contributed by atoms with Crippen LogP contribution in [0, 0.1) is 11.8 Å². The van der Waals surface area contributed by atoms with Crippen LogP contribution in [0.3, 0.4) is 0 Å². The van der Waals surface area contributed by atoms with Crippen LogP contribution in [0.4, 0.5) is 0 Å². The summed E-state index contributed by atoms with van der Waals surface area (Å²) in [5, 5.41) is 4.05. The zero-order valence-electron chi connectivity index (χ0n) is 10.7. The first kappa shape index (κ1) is 11.2. The molecule has 2 aliphatic rings. The number of hydrogen-bond donors (Lipinski definition) is 0. The fourth-order valence-corrected chi connectivity index (χ4v) is 2.41. The van der Waals surface area contributed by atoms with Crippen molar-refractivity contribution in [2.45, 2.75) is 20.3 Å². The largest absolute Gasteiger partial charge is 0.400 e. The molecule has 18 heavy (non-hydrogen) atoms. The van der Waals surface area contributed by atoms with Gasteiger partial charge in [-0.25, -0.2) is 9.79 Å². The van der Waals surface area contributed by atoms with Crippen molar-refractivity contribution in [3.63, 3.8) is 0 Å². The van der Waals surface area contributed by atoms with Crippen molar-refractivity contribution in [3.05, 3.63) is 29.2 Å². The minimum absolute atomic E-state index is 0.333. The second-order valence-electron chi connectivity index (χ2n) is 4.99. The van der Waals surface area contributed by atoms with E-state index in [2.05, 4.69) is 23.9 Å². The highest BCUT2D eigenvalue weighted by molar-refractivity contribution is 6.10. The number of carbonyl (C=O) groups is 1. The second-order valence-corrected chi connectivity index (χ2v) is 4.99. The maximum Gasteiger partial charge on any atom is 0.363 e. The summed E-state index contributed by atoms with van der Waals surface area (Å²) in [6, 6.07) is 1.78. The SMILES string of the molecule is CC1CC(=C2N=C(c3ccnn3C)OC2=O)C1C. The molecular formula is C13H15N3O2. The van der Waals surface area contributed by atoms with Gasteiger partial charge in [0.2, 0.25) is 5.90 Å². The summed E-state index contributed by atoms with van der Waals surface area (Å²) in [7, 11) is 1.80. The van der Waals surface area contributed by atoms with Crippen LogP contribution < -0.4 is 0 Å². The van der Waals surface area contributed by atoms with E-state index < -0.39 is 0 Å². The molecule has 5 nitrogen and oxygen atoms in total. The molecule has 2 heterocycles. The highest BCUT2D eigenvalue weighted by Crippen LogP contribution is 2.42. The third-order valence-corrected chi connectivity index (χ3v) is 3.89. The Bertz CT molecular complexity index is 583. The van der Waals surface area contributed by atoms with Gasteiger partial charge in [0.15, 0.2) is 5.70 Å². The maximum absolute atomic E-state index is 11.9. The third kappa shape index (κ3) is 1.50. The molecule has 0 saturated heterocycles. The summed E-state index contributed by atoms with van der Waals surface area (Å²) in [4.78, 5) is 16.2. The molecule has 1 fully saturated rings. The molecule has 1 saturated carbocycles. The van der Waals surface area contributed by atoms with E-state index in [9.17, 15) is 4.79 Å². The third-order valence-electron chi connectivity index (χ3n) is 3.89. The zero-order chi connectivity index (χ0) is 12.9. The molecule has 5 heteroatoms. The van der Waals surface area contributed by atoms with Gasteiger partial charge in [0, 0.05) is 13.2 Å². The average Bonchev–Trinajstić information content (AvgIpc) is 2.92. The summed E-state index contributed by atoms with van der Waals surface area (Å²) in [6.45, 7) is 4.31. The summed E-state index contributed by atoms with van der Waals surface area (Å²) in [5.41, 5.74) is 2.33. The molecule has 94 valence electrons. The lowest BCUT2D eigenvalue weighted by Crippen LogP contribution is -2.26. The molecule has 1 aliphatic carbocycles. The van der Waals surface area contributed by atoms with Gasteiger partial charge in [0.25, 0.3) is 0 Å². The molecule has 1 aliphatic heterocycles. The Morgan fingerprint density at radius 2 is 2.22 bits per heavy atom. The Morgan fingerprint density at radius 3 is 2.78 bits per heavy atom. The van der Waals surface area contributed by atoms with E-state index in [4.69, 9.17) is 4.74 Å². The zero-order valence-corrected chi connectivity index (χ0v) is 10.7. The van der Waals surface area contributed by atoms with Crippen molar-refractivity contribution in [1.82, 2.24) is 9.78 Å². The van der Waals surface area contributed by atoms with Gasteiger partial charge in [-0.15, -0.1) is 0 Å². The number of rotatable bonds is 1. The lowest BCUT2D eigenvalue weighted by atomic mass is 9.70. The van der Waals surface area contributed by atoms with Crippen molar-refractivity contribution in [1.29, 1.82) is 0 Å². The van der Waals surface area contributed by atoms with Crippen molar-refractivity contribution < 1.29 is 9.53 Å². The Labute approximate surface area is 105 Å². The van der Waals surface area contributed by atoms with Crippen molar-refractivity contribution >= 4 is 11.9 Å². The van der Waals surface area contributed by atoms with Gasteiger partial charge >= 0.3 is 5.97 Å². The van der Waals surface area contributed by atoms with E-state index in [0.717, 1.165) is 17.7 Å². The molecular weight excluding hydrogens is 230 g/mol. The smallest absolute Gasteiger partial charge is 0.363 e. The molecule has 2 atom stereocenters. The number of ether oxygens (including phenoxy) is 1. The van der Waals surface area contributed by atoms with E-state index >= 15 is 0 Å². The highest BCUT2D eigenvalue weighted by Gasteiger charge is 2.37. The predicted octanol–water partition coefficient (Wildman–Crippen LogP) is 1.65. The van der Waals surface area contributed by atoms with Gasteiger partial charge in [-0.3, -0.25) is 4.68 Å². The number of aryl methyl sites for hydroxylation is 1. The van der Waals surface area contributed by atoms with E-state index in [1.54, 1.807) is 24.0 Å². The number of hydrogen-bond acceptors (Lipinski definition) is 4. The van der Waals surface area contributed by atoms with Crippen LogP contribution in [0.25, 0.3) is 0 Å². The molecule has 1 aromatic heterocycles. The van der Waals surface area contributed by atoms with Gasteiger partial charge in [-0.2, -0.15) is 5.10 Å². The molecule has 1 aromatic rings. The highest BCUT2D eigenvalue weighted by atomic mass is 16.6. The molecule has 2 unspecified atom stereocenters. The van der Waals surface area contributed by atoms with Gasteiger partial charge in [0.05, 0.1) is 0 Å². The van der Waals surface area contributed by atoms with Gasteiger partial charge in [-0.05, 0) is 29.9 Å². The molecule has 0 bridgehead atoms. The number of nitrogens with zero attached hydrogens (tertiary/aromatic N) is 3. The van der Waals surface area contributed by atoms with Crippen molar-refractivity contribution in [3.8, 4) is 0 Å². The molecule has 0 aromatic carbocycles. The minimum atomic E-state index is -0.333. The molecule has 0 radical (unpaired) electrons. The second kappa shape index (κ2) is 3.80. The Morgan fingerprint density at radius 1 is 1.44 bits per heavy atom. The summed E-state index contributed by atoms with van der Waals surface area (Å²) in [5.74, 6) is 1.06.